The number of aliphatic hydroxyl groups is 2. The number of morpholine rings is 1. The zero-order valence-corrected chi connectivity index (χ0v) is 29.3. The van der Waals surface area contributed by atoms with E-state index >= 15 is 0 Å². The van der Waals surface area contributed by atoms with Gasteiger partial charge in [-0.25, -0.2) is 4.79 Å². The topological polar surface area (TPSA) is 156 Å². The molecule has 1 saturated heterocycles. The van der Waals surface area contributed by atoms with Crippen molar-refractivity contribution in [3.8, 4) is 5.75 Å². The SMILES string of the molecule is CC(C)(C)OC(=O)N[C@@H](Cc1ccccc1)[C@@H](O)C[C@@H](Cc1ccc(OCCN2CCOCC2)cc1)C(=O)N[C@H]1c2ccccc2[C@H](N)[C@H]1O. The lowest BCUT2D eigenvalue weighted by atomic mass is 9.88. The Bertz CT molecular complexity index is 1530. The molecule has 0 spiro atoms. The van der Waals surface area contributed by atoms with Crippen LogP contribution in [-0.2, 0) is 27.1 Å². The standard InChI is InChI=1S/C39H52N4O7/c1-39(2,3)50-38(47)41-32(24-26-9-5-4-6-10-26)33(44)25-28(37(46)42-35-31-12-8-7-11-30(31)34(40)36(35)45)23-27-13-15-29(16-14-27)49-22-19-43-17-20-48-21-18-43/h4-16,28,32-36,44-45H,17-25,40H2,1-3H3,(H,41,47)(H,42,46)/t28-,32+,33+,34+,35+,36-/m1/s1. The molecule has 2 aliphatic rings. The molecule has 1 aliphatic carbocycles. The minimum Gasteiger partial charge on any atom is -0.492 e. The lowest BCUT2D eigenvalue weighted by Gasteiger charge is -2.30. The minimum atomic E-state index is -1.11. The van der Waals surface area contributed by atoms with Crippen LogP contribution < -0.4 is 21.1 Å². The van der Waals surface area contributed by atoms with Crippen LogP contribution in [0.4, 0.5) is 4.79 Å². The molecule has 1 heterocycles. The van der Waals surface area contributed by atoms with E-state index in [4.69, 9.17) is 19.9 Å². The van der Waals surface area contributed by atoms with Gasteiger partial charge in [0.2, 0.25) is 5.91 Å². The van der Waals surface area contributed by atoms with Crippen LogP contribution in [0.5, 0.6) is 5.75 Å². The molecule has 0 unspecified atom stereocenters. The number of nitrogens with two attached hydrogens (primary N) is 1. The van der Waals surface area contributed by atoms with Crippen LogP contribution in [-0.4, -0.2) is 90.4 Å². The summed E-state index contributed by atoms with van der Waals surface area (Å²) in [5, 5.41) is 28.7. The lowest BCUT2D eigenvalue weighted by Crippen LogP contribution is -2.48. The number of benzene rings is 3. The Morgan fingerprint density at radius 2 is 1.58 bits per heavy atom. The predicted molar refractivity (Wildman–Crippen MR) is 191 cm³/mol. The van der Waals surface area contributed by atoms with Crippen molar-refractivity contribution in [2.45, 2.75) is 76.0 Å². The zero-order chi connectivity index (χ0) is 35.7. The van der Waals surface area contributed by atoms with Gasteiger partial charge in [-0.3, -0.25) is 9.69 Å². The molecule has 0 radical (unpaired) electrons. The molecular formula is C39H52N4O7. The number of carbonyl (C=O) groups is 2. The number of nitrogens with zero attached hydrogens (tertiary/aromatic N) is 1. The summed E-state index contributed by atoms with van der Waals surface area (Å²) in [7, 11) is 0. The van der Waals surface area contributed by atoms with Gasteiger partial charge in [0.05, 0.1) is 43.5 Å². The van der Waals surface area contributed by atoms with Gasteiger partial charge in [-0.2, -0.15) is 0 Å². The number of ether oxygens (including phenoxy) is 3. The van der Waals surface area contributed by atoms with Crippen molar-refractivity contribution >= 4 is 12.0 Å². The lowest BCUT2D eigenvalue weighted by molar-refractivity contribution is -0.127. The van der Waals surface area contributed by atoms with Gasteiger partial charge in [0, 0.05) is 25.6 Å². The zero-order valence-electron chi connectivity index (χ0n) is 29.3. The molecule has 50 heavy (non-hydrogen) atoms. The molecule has 6 atom stereocenters. The van der Waals surface area contributed by atoms with E-state index in [9.17, 15) is 19.8 Å². The third kappa shape index (κ3) is 10.5. The van der Waals surface area contributed by atoms with Crippen LogP contribution in [0.15, 0.2) is 78.9 Å². The summed E-state index contributed by atoms with van der Waals surface area (Å²) in [6.45, 7) is 9.96. The Morgan fingerprint density at radius 3 is 2.26 bits per heavy atom. The molecular weight excluding hydrogens is 636 g/mol. The maximum absolute atomic E-state index is 14.1. The largest absolute Gasteiger partial charge is 0.492 e. The second-order valence-corrected chi connectivity index (χ2v) is 14.2. The highest BCUT2D eigenvalue weighted by atomic mass is 16.6. The summed E-state index contributed by atoms with van der Waals surface area (Å²) in [5.41, 5.74) is 8.94. The monoisotopic (exact) mass is 688 g/mol. The summed E-state index contributed by atoms with van der Waals surface area (Å²) in [5.74, 6) is -0.321. The van der Waals surface area contributed by atoms with E-state index in [-0.39, 0.29) is 12.3 Å². The maximum Gasteiger partial charge on any atom is 0.407 e. The van der Waals surface area contributed by atoms with E-state index in [1.165, 1.54) is 0 Å². The summed E-state index contributed by atoms with van der Waals surface area (Å²) in [4.78, 5) is 29.3. The molecule has 0 bridgehead atoms. The molecule has 270 valence electrons. The van der Waals surface area contributed by atoms with Crippen LogP contribution in [0.3, 0.4) is 0 Å². The highest BCUT2D eigenvalue weighted by Crippen LogP contribution is 2.38. The molecule has 5 rings (SSSR count). The van der Waals surface area contributed by atoms with E-state index in [2.05, 4.69) is 15.5 Å². The minimum absolute atomic E-state index is 0.0352. The molecule has 0 aromatic heterocycles. The summed E-state index contributed by atoms with van der Waals surface area (Å²) in [6.07, 6.45) is -2.09. The van der Waals surface area contributed by atoms with Crippen molar-refractivity contribution in [1.29, 1.82) is 0 Å². The van der Waals surface area contributed by atoms with Crippen LogP contribution in [0.2, 0.25) is 0 Å². The number of hydrogen-bond acceptors (Lipinski definition) is 9. The van der Waals surface area contributed by atoms with E-state index in [0.29, 0.717) is 19.4 Å². The molecule has 1 aliphatic heterocycles. The van der Waals surface area contributed by atoms with Gasteiger partial charge >= 0.3 is 6.09 Å². The highest BCUT2D eigenvalue weighted by molar-refractivity contribution is 5.80. The Kier molecular flexibility index (Phi) is 12.9. The van der Waals surface area contributed by atoms with E-state index in [0.717, 1.165) is 60.9 Å². The normalized spacial score (nSPS) is 21.0. The van der Waals surface area contributed by atoms with E-state index in [1.54, 1.807) is 20.8 Å². The van der Waals surface area contributed by atoms with Crippen LogP contribution >= 0.6 is 0 Å². The van der Waals surface area contributed by atoms with Gasteiger partial charge in [-0.05, 0) is 74.4 Å². The van der Waals surface area contributed by atoms with Gasteiger partial charge in [-0.15, -0.1) is 0 Å². The number of alkyl carbamates (subject to hydrolysis) is 1. The molecule has 11 nitrogen and oxygen atoms in total. The Balaban J connectivity index is 1.32. The smallest absolute Gasteiger partial charge is 0.407 e. The molecule has 2 amide bonds. The number of fused-ring (bicyclic) bond motifs is 1. The van der Waals surface area contributed by atoms with Crippen molar-refractivity contribution in [2.75, 3.05) is 39.5 Å². The quantitative estimate of drug-likeness (QED) is 0.171. The van der Waals surface area contributed by atoms with Crippen molar-refractivity contribution in [3.63, 3.8) is 0 Å². The van der Waals surface area contributed by atoms with Crippen molar-refractivity contribution in [2.24, 2.45) is 11.7 Å². The second kappa shape index (κ2) is 17.3. The van der Waals surface area contributed by atoms with Gasteiger partial charge in [0.15, 0.2) is 0 Å². The fraction of sp³-hybridized carbons (Fsp3) is 0.487. The Morgan fingerprint density at radius 1 is 0.940 bits per heavy atom. The van der Waals surface area contributed by atoms with Crippen LogP contribution in [0, 0.1) is 5.92 Å². The van der Waals surface area contributed by atoms with Gasteiger partial charge in [0.1, 0.15) is 18.0 Å². The number of aliphatic hydroxyl groups excluding tert-OH is 2. The second-order valence-electron chi connectivity index (χ2n) is 14.2. The van der Waals surface area contributed by atoms with Crippen LogP contribution in [0.25, 0.3) is 0 Å². The molecule has 3 aromatic rings. The average molecular weight is 689 g/mol. The third-order valence-corrected chi connectivity index (χ3v) is 9.24. The van der Waals surface area contributed by atoms with E-state index < -0.39 is 47.9 Å². The number of carbonyl (C=O) groups excluding carboxylic acids is 2. The van der Waals surface area contributed by atoms with Crippen molar-refractivity contribution < 1.29 is 34.0 Å². The first-order chi connectivity index (χ1) is 24.0. The molecule has 3 aromatic carbocycles. The van der Waals surface area contributed by atoms with Crippen LogP contribution in [0.1, 0.15) is 61.5 Å². The first-order valence-electron chi connectivity index (χ1n) is 17.5. The molecule has 1 fully saturated rings. The summed E-state index contributed by atoms with van der Waals surface area (Å²) in [6, 6.07) is 22.5. The predicted octanol–water partition coefficient (Wildman–Crippen LogP) is 3.68. The molecule has 0 saturated carbocycles. The average Bonchev–Trinajstić information content (AvgIpc) is 3.33. The van der Waals surface area contributed by atoms with Crippen molar-refractivity contribution in [3.05, 3.63) is 101 Å². The fourth-order valence-electron chi connectivity index (χ4n) is 6.58. The third-order valence-electron chi connectivity index (χ3n) is 9.24. The first kappa shape index (κ1) is 37.3. The summed E-state index contributed by atoms with van der Waals surface area (Å²) < 4.78 is 16.9. The highest BCUT2D eigenvalue weighted by Gasteiger charge is 2.40. The molecule has 6 N–H and O–H groups in total. The number of hydrogen-bond donors (Lipinski definition) is 5. The number of nitrogens with one attached hydrogen (secondary N) is 2. The van der Waals surface area contributed by atoms with Gasteiger partial charge in [-0.1, -0.05) is 66.7 Å². The maximum atomic E-state index is 14.1. The number of rotatable bonds is 14. The Labute approximate surface area is 295 Å². The summed E-state index contributed by atoms with van der Waals surface area (Å²) >= 11 is 0. The van der Waals surface area contributed by atoms with Crippen molar-refractivity contribution in [1.82, 2.24) is 15.5 Å². The number of amides is 2. The Hall–Kier alpha value is -4.00. The molecule has 11 heteroatoms. The first-order valence-corrected chi connectivity index (χ1v) is 17.5. The van der Waals surface area contributed by atoms with E-state index in [1.807, 2.05) is 78.9 Å². The fourth-order valence-corrected chi connectivity index (χ4v) is 6.58. The van der Waals surface area contributed by atoms with Gasteiger partial charge < -0.3 is 40.8 Å². The van der Waals surface area contributed by atoms with Gasteiger partial charge in [0.25, 0.3) is 0 Å².